The lowest BCUT2D eigenvalue weighted by Gasteiger charge is -2.16. The van der Waals surface area contributed by atoms with Crippen LogP contribution in [0, 0.1) is 0 Å². The molecule has 0 aromatic heterocycles. The first kappa shape index (κ1) is 20.9. The molecule has 0 radical (unpaired) electrons. The van der Waals surface area contributed by atoms with Gasteiger partial charge in [-0.3, -0.25) is 0 Å². The molecule has 0 aromatic carbocycles. The van der Waals surface area contributed by atoms with Gasteiger partial charge < -0.3 is 10.8 Å². The molecule has 0 saturated carbocycles. The lowest BCUT2D eigenvalue weighted by molar-refractivity contribution is 0.129. The normalized spacial score (nSPS) is 14.3. The van der Waals surface area contributed by atoms with Gasteiger partial charge in [0.1, 0.15) is 0 Å². The summed E-state index contributed by atoms with van der Waals surface area (Å²) in [4.78, 5) is 0. The summed E-state index contributed by atoms with van der Waals surface area (Å²) in [6.45, 7) is 4.32. The number of hydrogen-bond acceptors (Lipinski definition) is 2. The highest BCUT2D eigenvalue weighted by Crippen LogP contribution is 2.14. The van der Waals surface area contributed by atoms with Crippen molar-refractivity contribution in [2.45, 2.75) is 122 Å². The molecule has 21 heavy (non-hydrogen) atoms. The Morgan fingerprint density at radius 3 is 1.43 bits per heavy atom. The molecule has 0 aromatic rings. The fourth-order valence-electron chi connectivity index (χ4n) is 2.86. The summed E-state index contributed by atoms with van der Waals surface area (Å²) in [6, 6.07) is -0.0256. The Bertz CT molecular complexity index is 196. The molecule has 3 N–H and O–H groups in total. The molecular formula is C19H41NO. The van der Waals surface area contributed by atoms with Gasteiger partial charge in [0.25, 0.3) is 0 Å². The fourth-order valence-corrected chi connectivity index (χ4v) is 2.86. The van der Waals surface area contributed by atoms with E-state index in [0.717, 1.165) is 19.3 Å². The smallest absolute Gasteiger partial charge is 0.0691 e. The molecule has 0 saturated heterocycles. The summed E-state index contributed by atoms with van der Waals surface area (Å²) in [5, 5.41) is 9.77. The second-order valence-electron chi connectivity index (χ2n) is 6.67. The van der Waals surface area contributed by atoms with E-state index in [0.29, 0.717) is 0 Å². The molecule has 0 aliphatic heterocycles. The van der Waals surface area contributed by atoms with Gasteiger partial charge in [-0.05, 0) is 12.8 Å². The highest BCUT2D eigenvalue weighted by Gasteiger charge is 2.11. The third kappa shape index (κ3) is 14.6. The highest BCUT2D eigenvalue weighted by atomic mass is 16.3. The van der Waals surface area contributed by atoms with E-state index in [2.05, 4.69) is 6.92 Å². The minimum atomic E-state index is -0.289. The van der Waals surface area contributed by atoms with E-state index in [1.54, 1.807) is 0 Å². The lowest BCUT2D eigenvalue weighted by atomic mass is 10.0. The predicted molar refractivity (Wildman–Crippen MR) is 94.6 cm³/mol. The number of nitrogens with two attached hydrogens (primary N) is 1. The summed E-state index contributed by atoms with van der Waals surface area (Å²) in [5.74, 6) is 0. The first-order valence-electron chi connectivity index (χ1n) is 9.66. The number of aliphatic hydroxyl groups excluding tert-OH is 1. The highest BCUT2D eigenvalue weighted by molar-refractivity contribution is 4.69. The van der Waals surface area contributed by atoms with Gasteiger partial charge in [0.05, 0.1) is 6.10 Å². The van der Waals surface area contributed by atoms with Gasteiger partial charge in [0.2, 0.25) is 0 Å². The van der Waals surface area contributed by atoms with Gasteiger partial charge >= 0.3 is 0 Å². The van der Waals surface area contributed by atoms with E-state index < -0.39 is 0 Å². The van der Waals surface area contributed by atoms with E-state index in [9.17, 15) is 5.11 Å². The van der Waals surface area contributed by atoms with Crippen LogP contribution >= 0.6 is 0 Å². The maximum Gasteiger partial charge on any atom is 0.0691 e. The third-order valence-electron chi connectivity index (χ3n) is 4.57. The van der Waals surface area contributed by atoms with E-state index in [1.165, 1.54) is 77.0 Å². The summed E-state index contributed by atoms with van der Waals surface area (Å²) >= 11 is 0. The van der Waals surface area contributed by atoms with Crippen molar-refractivity contribution in [3.8, 4) is 0 Å². The van der Waals surface area contributed by atoms with Crippen LogP contribution < -0.4 is 5.73 Å². The zero-order valence-electron chi connectivity index (χ0n) is 14.8. The summed E-state index contributed by atoms with van der Waals surface area (Å²) in [5.41, 5.74) is 5.81. The van der Waals surface area contributed by atoms with Gasteiger partial charge in [-0.15, -0.1) is 0 Å². The van der Waals surface area contributed by atoms with Gasteiger partial charge in [-0.1, -0.05) is 97.3 Å². The maximum atomic E-state index is 9.77. The molecule has 0 rings (SSSR count). The van der Waals surface area contributed by atoms with E-state index in [-0.39, 0.29) is 12.1 Å². The molecule has 0 bridgehead atoms. The summed E-state index contributed by atoms with van der Waals surface area (Å²) in [6.07, 6.45) is 19.3. The SMILES string of the molecule is CCCCCCCCCCCCCCC[C@@H](O)[C@@H](N)CC. The van der Waals surface area contributed by atoms with Gasteiger partial charge in [0, 0.05) is 6.04 Å². The van der Waals surface area contributed by atoms with Crippen LogP contribution in [-0.2, 0) is 0 Å². The fraction of sp³-hybridized carbons (Fsp3) is 1.00. The summed E-state index contributed by atoms with van der Waals surface area (Å²) < 4.78 is 0. The molecule has 0 aliphatic carbocycles. The molecule has 128 valence electrons. The largest absolute Gasteiger partial charge is 0.392 e. The average molecular weight is 300 g/mol. The van der Waals surface area contributed by atoms with Gasteiger partial charge in [0.15, 0.2) is 0 Å². The quantitative estimate of drug-likeness (QED) is 0.366. The van der Waals surface area contributed by atoms with Crippen LogP contribution in [0.5, 0.6) is 0 Å². The molecule has 0 amide bonds. The Balaban J connectivity index is 3.09. The van der Waals surface area contributed by atoms with Crippen LogP contribution in [0.3, 0.4) is 0 Å². The van der Waals surface area contributed by atoms with E-state index in [4.69, 9.17) is 5.73 Å². The minimum absolute atomic E-state index is 0.0256. The van der Waals surface area contributed by atoms with Crippen LogP contribution in [0.15, 0.2) is 0 Å². The molecular weight excluding hydrogens is 258 g/mol. The Labute approximate surface area is 133 Å². The van der Waals surface area contributed by atoms with Crippen molar-refractivity contribution in [3.05, 3.63) is 0 Å². The Morgan fingerprint density at radius 1 is 0.667 bits per heavy atom. The van der Waals surface area contributed by atoms with Gasteiger partial charge in [-0.25, -0.2) is 0 Å². The first-order chi connectivity index (χ1) is 10.2. The number of aliphatic hydroxyl groups is 1. The number of rotatable bonds is 16. The van der Waals surface area contributed by atoms with Crippen molar-refractivity contribution in [3.63, 3.8) is 0 Å². The molecule has 2 nitrogen and oxygen atoms in total. The molecule has 0 unspecified atom stereocenters. The number of hydrogen-bond donors (Lipinski definition) is 2. The van der Waals surface area contributed by atoms with Crippen LogP contribution in [0.25, 0.3) is 0 Å². The average Bonchev–Trinajstić information content (AvgIpc) is 2.50. The van der Waals surface area contributed by atoms with Crippen LogP contribution in [-0.4, -0.2) is 17.3 Å². The Morgan fingerprint density at radius 2 is 1.05 bits per heavy atom. The van der Waals surface area contributed by atoms with Crippen LogP contribution in [0.1, 0.15) is 110 Å². The molecule has 2 atom stereocenters. The Kier molecular flexibility index (Phi) is 16.2. The molecule has 0 fully saturated rings. The van der Waals surface area contributed by atoms with Crippen molar-refractivity contribution in [2.75, 3.05) is 0 Å². The van der Waals surface area contributed by atoms with Crippen molar-refractivity contribution < 1.29 is 5.11 Å². The standard InChI is InChI=1S/C19H41NO/c1-3-5-6-7-8-9-10-11-12-13-14-15-16-17-19(21)18(20)4-2/h18-19,21H,3-17,20H2,1-2H3/t18-,19+/m0/s1. The van der Waals surface area contributed by atoms with Crippen molar-refractivity contribution in [1.82, 2.24) is 0 Å². The Hall–Kier alpha value is -0.0800. The monoisotopic (exact) mass is 299 g/mol. The van der Waals surface area contributed by atoms with Crippen LogP contribution in [0.2, 0.25) is 0 Å². The predicted octanol–water partition coefficient (Wildman–Crippen LogP) is 5.57. The van der Waals surface area contributed by atoms with E-state index >= 15 is 0 Å². The molecule has 0 heterocycles. The topological polar surface area (TPSA) is 46.2 Å². The van der Waals surface area contributed by atoms with Crippen LogP contribution in [0.4, 0.5) is 0 Å². The maximum absolute atomic E-state index is 9.77. The summed E-state index contributed by atoms with van der Waals surface area (Å²) in [7, 11) is 0. The molecule has 0 aliphatic rings. The van der Waals surface area contributed by atoms with Crippen molar-refractivity contribution in [1.29, 1.82) is 0 Å². The number of unbranched alkanes of at least 4 members (excludes halogenated alkanes) is 12. The zero-order valence-corrected chi connectivity index (χ0v) is 14.8. The minimum Gasteiger partial charge on any atom is -0.392 e. The molecule has 0 spiro atoms. The van der Waals surface area contributed by atoms with Crippen molar-refractivity contribution >= 4 is 0 Å². The second kappa shape index (κ2) is 16.3. The second-order valence-corrected chi connectivity index (χ2v) is 6.67. The first-order valence-corrected chi connectivity index (χ1v) is 9.66. The third-order valence-corrected chi connectivity index (χ3v) is 4.57. The zero-order chi connectivity index (χ0) is 15.8. The van der Waals surface area contributed by atoms with Crippen molar-refractivity contribution in [2.24, 2.45) is 5.73 Å². The van der Waals surface area contributed by atoms with E-state index in [1.807, 2.05) is 6.92 Å². The lowest BCUT2D eigenvalue weighted by Crippen LogP contribution is -2.33. The van der Waals surface area contributed by atoms with Gasteiger partial charge in [-0.2, -0.15) is 0 Å². The molecule has 2 heteroatoms.